The molecule has 0 aliphatic rings. The van der Waals surface area contributed by atoms with E-state index in [-0.39, 0.29) is 6.54 Å². The predicted molar refractivity (Wildman–Crippen MR) is 83.1 cm³/mol. The van der Waals surface area contributed by atoms with Crippen molar-refractivity contribution in [3.63, 3.8) is 0 Å². The Morgan fingerprint density at radius 1 is 1.18 bits per heavy atom. The van der Waals surface area contributed by atoms with Gasteiger partial charge in [0.1, 0.15) is 11.4 Å². The summed E-state index contributed by atoms with van der Waals surface area (Å²) in [6.45, 7) is 7.60. The van der Waals surface area contributed by atoms with Crippen molar-refractivity contribution in [2.24, 2.45) is 0 Å². The molecule has 2 aromatic rings. The highest BCUT2D eigenvalue weighted by molar-refractivity contribution is 5.67. The first kappa shape index (κ1) is 15.9. The monoisotopic (exact) mass is 300 g/mol. The van der Waals surface area contributed by atoms with Crippen LogP contribution in [0.5, 0.6) is 0 Å². The van der Waals surface area contributed by atoms with Gasteiger partial charge in [-0.1, -0.05) is 0 Å². The Labute approximate surface area is 130 Å². The maximum absolute atomic E-state index is 11.6. The van der Waals surface area contributed by atoms with Crippen LogP contribution in [0.3, 0.4) is 0 Å². The number of ether oxygens (including phenoxy) is 1. The Bertz CT molecular complexity index is 648. The molecule has 2 rings (SSSR count). The number of alkyl carbamates (subject to hydrolysis) is 1. The van der Waals surface area contributed by atoms with Crippen molar-refractivity contribution in [1.29, 1.82) is 0 Å². The number of hydrogen-bond donors (Lipinski definition) is 1. The number of amides is 1. The molecule has 22 heavy (non-hydrogen) atoms. The smallest absolute Gasteiger partial charge is 0.408 e. The highest BCUT2D eigenvalue weighted by Gasteiger charge is 2.15. The highest BCUT2D eigenvalue weighted by atomic mass is 16.6. The van der Waals surface area contributed by atoms with Gasteiger partial charge in [-0.15, -0.1) is 0 Å². The largest absolute Gasteiger partial charge is 0.444 e. The van der Waals surface area contributed by atoms with E-state index >= 15 is 0 Å². The molecule has 0 spiro atoms. The molecule has 6 nitrogen and oxygen atoms in total. The minimum absolute atomic E-state index is 0.227. The second-order valence-corrected chi connectivity index (χ2v) is 5.93. The quantitative estimate of drug-likeness (QED) is 0.943. The maximum atomic E-state index is 11.6. The molecule has 0 radical (unpaired) electrons. The lowest BCUT2D eigenvalue weighted by Gasteiger charge is -2.19. The average molecular weight is 300 g/mol. The number of nitrogens with one attached hydrogen (secondary N) is 1. The highest BCUT2D eigenvalue weighted by Crippen LogP contribution is 2.17. The third-order valence-corrected chi connectivity index (χ3v) is 2.73. The van der Waals surface area contributed by atoms with Crippen LogP contribution in [0.25, 0.3) is 11.1 Å². The van der Waals surface area contributed by atoms with Crippen LogP contribution >= 0.6 is 0 Å². The fourth-order valence-electron chi connectivity index (χ4n) is 1.79. The Morgan fingerprint density at radius 2 is 1.86 bits per heavy atom. The summed E-state index contributed by atoms with van der Waals surface area (Å²) in [5.74, 6) is 0.528. The lowest BCUT2D eigenvalue weighted by molar-refractivity contribution is 0.0522. The van der Waals surface area contributed by atoms with Crippen LogP contribution < -0.4 is 5.32 Å². The second-order valence-electron chi connectivity index (χ2n) is 5.93. The summed E-state index contributed by atoms with van der Waals surface area (Å²) >= 11 is 0. The summed E-state index contributed by atoms with van der Waals surface area (Å²) in [7, 11) is 0. The zero-order valence-electron chi connectivity index (χ0n) is 13.3. The van der Waals surface area contributed by atoms with Crippen LogP contribution in [0.1, 0.15) is 32.3 Å². The van der Waals surface area contributed by atoms with Gasteiger partial charge in [0.25, 0.3) is 0 Å². The van der Waals surface area contributed by atoms with Gasteiger partial charge in [-0.2, -0.15) is 0 Å². The van der Waals surface area contributed by atoms with Crippen LogP contribution in [0.2, 0.25) is 0 Å². The summed E-state index contributed by atoms with van der Waals surface area (Å²) in [5.41, 5.74) is 2.34. The number of nitrogens with zero attached hydrogens (tertiary/aromatic N) is 3. The summed E-state index contributed by atoms with van der Waals surface area (Å²) in [4.78, 5) is 24.2. The minimum atomic E-state index is -0.520. The first-order valence-electron chi connectivity index (χ1n) is 7.04. The lowest BCUT2D eigenvalue weighted by atomic mass is 10.1. The fraction of sp³-hybridized carbons (Fsp3) is 0.375. The fourth-order valence-corrected chi connectivity index (χ4v) is 1.79. The van der Waals surface area contributed by atoms with E-state index in [9.17, 15) is 4.79 Å². The van der Waals surface area contributed by atoms with Crippen molar-refractivity contribution in [1.82, 2.24) is 20.3 Å². The third-order valence-electron chi connectivity index (χ3n) is 2.73. The van der Waals surface area contributed by atoms with E-state index in [1.165, 1.54) is 0 Å². The van der Waals surface area contributed by atoms with Crippen molar-refractivity contribution in [2.45, 2.75) is 39.8 Å². The third kappa shape index (κ3) is 4.80. The number of aromatic nitrogens is 3. The number of carbonyl (C=O) groups excluding carboxylic acids is 1. The molecule has 0 aliphatic carbocycles. The van der Waals surface area contributed by atoms with Gasteiger partial charge in [0, 0.05) is 29.8 Å². The number of pyridine rings is 1. The lowest BCUT2D eigenvalue weighted by Crippen LogP contribution is -2.32. The van der Waals surface area contributed by atoms with Crippen molar-refractivity contribution in [2.75, 3.05) is 0 Å². The van der Waals surface area contributed by atoms with E-state index in [1.807, 2.05) is 39.8 Å². The Morgan fingerprint density at radius 3 is 2.45 bits per heavy atom. The molecule has 1 amide bonds. The van der Waals surface area contributed by atoms with Crippen LogP contribution in [-0.2, 0) is 11.3 Å². The SMILES string of the molecule is Cc1cc(-c2cnc(CNC(=O)OC(C)(C)C)nc2)ccn1. The number of hydrogen-bond acceptors (Lipinski definition) is 5. The maximum Gasteiger partial charge on any atom is 0.408 e. The summed E-state index contributed by atoms with van der Waals surface area (Å²) < 4.78 is 5.15. The van der Waals surface area contributed by atoms with Gasteiger partial charge >= 0.3 is 6.09 Å². The van der Waals surface area contributed by atoms with E-state index in [0.29, 0.717) is 5.82 Å². The van der Waals surface area contributed by atoms with E-state index in [2.05, 4.69) is 20.3 Å². The van der Waals surface area contributed by atoms with Crippen LogP contribution in [0.4, 0.5) is 4.79 Å². The van der Waals surface area contributed by atoms with E-state index in [1.54, 1.807) is 18.6 Å². The van der Waals surface area contributed by atoms with Crippen LogP contribution in [0, 0.1) is 6.92 Å². The average Bonchev–Trinajstić information content (AvgIpc) is 2.44. The molecule has 0 aromatic carbocycles. The molecular formula is C16H20N4O2. The normalized spacial score (nSPS) is 11.1. The van der Waals surface area contributed by atoms with Gasteiger partial charge in [-0.25, -0.2) is 14.8 Å². The number of aryl methyl sites for hydroxylation is 1. The van der Waals surface area contributed by atoms with E-state index < -0.39 is 11.7 Å². The van der Waals surface area contributed by atoms with Crippen molar-refractivity contribution < 1.29 is 9.53 Å². The van der Waals surface area contributed by atoms with Crippen molar-refractivity contribution in [3.05, 3.63) is 42.2 Å². The minimum Gasteiger partial charge on any atom is -0.444 e. The topological polar surface area (TPSA) is 77.0 Å². The zero-order valence-corrected chi connectivity index (χ0v) is 13.3. The zero-order chi connectivity index (χ0) is 16.2. The van der Waals surface area contributed by atoms with E-state index in [0.717, 1.165) is 16.8 Å². The molecular weight excluding hydrogens is 280 g/mol. The second kappa shape index (κ2) is 6.51. The molecule has 0 atom stereocenters. The van der Waals surface area contributed by atoms with E-state index in [4.69, 9.17) is 4.74 Å². The Hall–Kier alpha value is -2.50. The number of rotatable bonds is 3. The summed E-state index contributed by atoms with van der Waals surface area (Å²) in [6, 6.07) is 3.88. The van der Waals surface area contributed by atoms with Gasteiger partial charge in [-0.3, -0.25) is 4.98 Å². The van der Waals surface area contributed by atoms with Crippen molar-refractivity contribution in [3.8, 4) is 11.1 Å². The van der Waals surface area contributed by atoms with Gasteiger partial charge in [0.15, 0.2) is 0 Å². The number of carbonyl (C=O) groups is 1. The molecule has 116 valence electrons. The first-order chi connectivity index (χ1) is 10.3. The molecule has 0 bridgehead atoms. The van der Waals surface area contributed by atoms with Crippen LogP contribution in [0.15, 0.2) is 30.7 Å². The van der Waals surface area contributed by atoms with Gasteiger partial charge in [-0.05, 0) is 45.4 Å². The molecule has 0 fully saturated rings. The summed E-state index contributed by atoms with van der Waals surface area (Å²) in [5, 5.41) is 2.63. The Kier molecular flexibility index (Phi) is 4.70. The predicted octanol–water partition coefficient (Wildman–Crippen LogP) is 2.87. The van der Waals surface area contributed by atoms with Crippen molar-refractivity contribution >= 4 is 6.09 Å². The van der Waals surface area contributed by atoms with Crippen LogP contribution in [-0.4, -0.2) is 26.6 Å². The molecule has 2 heterocycles. The molecule has 6 heteroatoms. The summed E-state index contributed by atoms with van der Waals surface area (Å²) in [6.07, 6.45) is 4.73. The standard InChI is InChI=1S/C16H20N4O2/c1-11-7-12(5-6-17-11)13-8-18-14(19-9-13)10-20-15(21)22-16(2,3)4/h5-9H,10H2,1-4H3,(H,20,21). The molecule has 0 aliphatic heterocycles. The van der Waals surface area contributed by atoms with Gasteiger partial charge in [0.05, 0.1) is 6.54 Å². The first-order valence-corrected chi connectivity index (χ1v) is 7.04. The Balaban J connectivity index is 1.96. The molecule has 0 unspecified atom stereocenters. The molecule has 2 aromatic heterocycles. The molecule has 0 saturated carbocycles. The molecule has 0 saturated heterocycles. The van der Waals surface area contributed by atoms with Gasteiger partial charge in [0.2, 0.25) is 0 Å². The van der Waals surface area contributed by atoms with Gasteiger partial charge < -0.3 is 10.1 Å². The molecule has 1 N–H and O–H groups in total.